The Morgan fingerprint density at radius 1 is 1.25 bits per heavy atom. The second-order valence-corrected chi connectivity index (χ2v) is 4.99. The first kappa shape index (κ1) is 14.3. The van der Waals surface area contributed by atoms with Gasteiger partial charge in [-0.3, -0.25) is 4.79 Å². The Morgan fingerprint density at radius 3 is 2.65 bits per heavy atom. The molecular weight excluding hydrogens is 276 g/mol. The van der Waals surface area contributed by atoms with Gasteiger partial charge in [0.25, 0.3) is 5.91 Å². The van der Waals surface area contributed by atoms with E-state index in [1.165, 1.54) is 4.90 Å². The molecule has 0 bridgehead atoms. The molecule has 0 saturated heterocycles. The van der Waals surface area contributed by atoms with Crippen molar-refractivity contribution in [1.82, 2.24) is 10.2 Å². The molecule has 0 aliphatic carbocycles. The molecule has 1 aromatic heterocycles. The standard InChI is InChI=1S/C14H15ClN4O/c1-8-6-11(9(2)18-17-8)14(20)19(3)13-7-10(15)4-5-12(13)16/h4-7H,16H2,1-3H3. The molecule has 0 fully saturated rings. The fraction of sp³-hybridized carbons (Fsp3) is 0.214. The van der Waals surface area contributed by atoms with E-state index in [4.69, 9.17) is 17.3 Å². The molecule has 104 valence electrons. The number of nitrogens with zero attached hydrogens (tertiary/aromatic N) is 3. The number of anilines is 2. The van der Waals surface area contributed by atoms with Gasteiger partial charge in [0.15, 0.2) is 0 Å². The van der Waals surface area contributed by atoms with E-state index in [1.807, 2.05) is 0 Å². The first-order valence-electron chi connectivity index (χ1n) is 6.04. The Kier molecular flexibility index (Phi) is 3.90. The molecular formula is C14H15ClN4O. The number of hydrogen-bond donors (Lipinski definition) is 1. The van der Waals surface area contributed by atoms with Crippen molar-refractivity contribution in [2.75, 3.05) is 17.7 Å². The summed E-state index contributed by atoms with van der Waals surface area (Å²) in [6.07, 6.45) is 0. The van der Waals surface area contributed by atoms with E-state index in [2.05, 4.69) is 10.2 Å². The summed E-state index contributed by atoms with van der Waals surface area (Å²) in [7, 11) is 1.65. The van der Waals surface area contributed by atoms with Crippen LogP contribution < -0.4 is 10.6 Å². The zero-order chi connectivity index (χ0) is 14.9. The van der Waals surface area contributed by atoms with Gasteiger partial charge in [-0.05, 0) is 38.1 Å². The van der Waals surface area contributed by atoms with Gasteiger partial charge in [0.05, 0.1) is 28.3 Å². The molecule has 1 aromatic carbocycles. The molecule has 2 N–H and O–H groups in total. The van der Waals surface area contributed by atoms with E-state index < -0.39 is 0 Å². The number of carbonyl (C=O) groups is 1. The van der Waals surface area contributed by atoms with Gasteiger partial charge in [0.2, 0.25) is 0 Å². The number of rotatable bonds is 2. The third-order valence-electron chi connectivity index (χ3n) is 2.99. The molecule has 2 rings (SSSR count). The van der Waals surface area contributed by atoms with Crippen molar-refractivity contribution >= 4 is 28.9 Å². The van der Waals surface area contributed by atoms with E-state index >= 15 is 0 Å². The topological polar surface area (TPSA) is 72.1 Å². The zero-order valence-corrected chi connectivity index (χ0v) is 12.3. The highest BCUT2D eigenvalue weighted by molar-refractivity contribution is 6.31. The smallest absolute Gasteiger partial charge is 0.260 e. The first-order valence-corrected chi connectivity index (χ1v) is 6.42. The summed E-state index contributed by atoms with van der Waals surface area (Å²) in [5.41, 5.74) is 8.71. The second kappa shape index (κ2) is 5.46. The summed E-state index contributed by atoms with van der Waals surface area (Å²) in [4.78, 5) is 14.0. The van der Waals surface area contributed by atoms with Crippen LogP contribution >= 0.6 is 11.6 Å². The lowest BCUT2D eigenvalue weighted by Gasteiger charge is -2.20. The van der Waals surface area contributed by atoms with Gasteiger partial charge in [-0.15, -0.1) is 0 Å². The summed E-state index contributed by atoms with van der Waals surface area (Å²) >= 11 is 5.95. The molecule has 1 heterocycles. The SMILES string of the molecule is Cc1cc(C(=O)N(C)c2cc(Cl)ccc2N)c(C)nn1. The van der Waals surface area contributed by atoms with Crippen LogP contribution in [0, 0.1) is 13.8 Å². The molecule has 2 aromatic rings. The third kappa shape index (κ3) is 2.72. The minimum atomic E-state index is -0.200. The maximum atomic E-state index is 12.5. The van der Waals surface area contributed by atoms with E-state index in [-0.39, 0.29) is 5.91 Å². The Morgan fingerprint density at radius 2 is 1.95 bits per heavy atom. The average Bonchev–Trinajstić information content (AvgIpc) is 2.42. The number of carbonyl (C=O) groups excluding carboxylic acids is 1. The lowest BCUT2D eigenvalue weighted by atomic mass is 10.1. The number of aromatic nitrogens is 2. The predicted octanol–water partition coefficient (Wildman–Crippen LogP) is 2.61. The van der Waals surface area contributed by atoms with Crippen LogP contribution in [-0.2, 0) is 0 Å². The van der Waals surface area contributed by atoms with Gasteiger partial charge < -0.3 is 10.6 Å². The maximum absolute atomic E-state index is 12.5. The number of nitrogen functional groups attached to an aromatic ring is 1. The highest BCUT2D eigenvalue weighted by atomic mass is 35.5. The zero-order valence-electron chi connectivity index (χ0n) is 11.5. The number of halogens is 1. The normalized spacial score (nSPS) is 10.4. The third-order valence-corrected chi connectivity index (χ3v) is 3.22. The highest BCUT2D eigenvalue weighted by Crippen LogP contribution is 2.27. The van der Waals surface area contributed by atoms with Crippen LogP contribution in [0.4, 0.5) is 11.4 Å². The van der Waals surface area contributed by atoms with Crippen LogP contribution in [0.5, 0.6) is 0 Å². The molecule has 0 aliphatic rings. The summed E-state index contributed by atoms with van der Waals surface area (Å²) < 4.78 is 0. The van der Waals surface area contributed by atoms with E-state index in [1.54, 1.807) is 45.2 Å². The van der Waals surface area contributed by atoms with Crippen molar-refractivity contribution in [3.8, 4) is 0 Å². The Bertz CT molecular complexity index is 672. The highest BCUT2D eigenvalue weighted by Gasteiger charge is 2.19. The molecule has 0 unspecified atom stereocenters. The van der Waals surface area contributed by atoms with Gasteiger partial charge in [-0.2, -0.15) is 10.2 Å². The summed E-state index contributed by atoms with van der Waals surface area (Å²) in [5, 5.41) is 8.40. The minimum absolute atomic E-state index is 0.200. The van der Waals surface area contributed by atoms with Crippen LogP contribution in [-0.4, -0.2) is 23.2 Å². The van der Waals surface area contributed by atoms with E-state index in [9.17, 15) is 4.79 Å². The molecule has 0 saturated carbocycles. The minimum Gasteiger partial charge on any atom is -0.397 e. The van der Waals surface area contributed by atoms with Crippen LogP contribution in [0.2, 0.25) is 5.02 Å². The lowest BCUT2D eigenvalue weighted by Crippen LogP contribution is -2.28. The molecule has 0 aliphatic heterocycles. The molecule has 5 nitrogen and oxygen atoms in total. The Hall–Kier alpha value is -2.14. The van der Waals surface area contributed by atoms with Crippen LogP contribution in [0.3, 0.4) is 0 Å². The van der Waals surface area contributed by atoms with Gasteiger partial charge in [-0.25, -0.2) is 0 Å². The molecule has 20 heavy (non-hydrogen) atoms. The Balaban J connectivity index is 2.42. The van der Waals surface area contributed by atoms with Gasteiger partial charge in [-0.1, -0.05) is 11.6 Å². The number of nitrogens with two attached hydrogens (primary N) is 1. The predicted molar refractivity (Wildman–Crippen MR) is 80.1 cm³/mol. The van der Waals surface area contributed by atoms with E-state index in [0.717, 1.165) is 0 Å². The van der Waals surface area contributed by atoms with Crippen molar-refractivity contribution in [3.05, 3.63) is 46.2 Å². The van der Waals surface area contributed by atoms with Gasteiger partial charge in [0.1, 0.15) is 0 Å². The van der Waals surface area contributed by atoms with Crippen molar-refractivity contribution in [2.45, 2.75) is 13.8 Å². The van der Waals surface area contributed by atoms with Crippen molar-refractivity contribution < 1.29 is 4.79 Å². The molecule has 6 heteroatoms. The molecule has 0 atom stereocenters. The molecule has 1 amide bonds. The molecule has 0 radical (unpaired) electrons. The van der Waals surface area contributed by atoms with Gasteiger partial charge in [0, 0.05) is 12.1 Å². The van der Waals surface area contributed by atoms with Crippen LogP contribution in [0.1, 0.15) is 21.7 Å². The van der Waals surface area contributed by atoms with Crippen molar-refractivity contribution in [3.63, 3.8) is 0 Å². The molecule has 0 spiro atoms. The summed E-state index contributed by atoms with van der Waals surface area (Å²) in [6.45, 7) is 3.53. The van der Waals surface area contributed by atoms with Crippen LogP contribution in [0.15, 0.2) is 24.3 Å². The average molecular weight is 291 g/mol. The largest absolute Gasteiger partial charge is 0.397 e. The van der Waals surface area contributed by atoms with Crippen molar-refractivity contribution in [2.24, 2.45) is 0 Å². The van der Waals surface area contributed by atoms with E-state index in [0.29, 0.717) is 33.3 Å². The quantitative estimate of drug-likeness (QED) is 0.863. The lowest BCUT2D eigenvalue weighted by molar-refractivity contribution is 0.0991. The fourth-order valence-corrected chi connectivity index (χ4v) is 2.03. The number of hydrogen-bond acceptors (Lipinski definition) is 4. The number of benzene rings is 1. The van der Waals surface area contributed by atoms with Crippen LogP contribution in [0.25, 0.3) is 0 Å². The fourth-order valence-electron chi connectivity index (χ4n) is 1.86. The monoisotopic (exact) mass is 290 g/mol. The summed E-state index contributed by atoms with van der Waals surface area (Å²) in [5.74, 6) is -0.200. The number of aryl methyl sites for hydroxylation is 2. The Labute approximate surface area is 122 Å². The van der Waals surface area contributed by atoms with Gasteiger partial charge >= 0.3 is 0 Å². The van der Waals surface area contributed by atoms with Crippen molar-refractivity contribution in [1.29, 1.82) is 0 Å². The maximum Gasteiger partial charge on any atom is 0.260 e. The summed E-state index contributed by atoms with van der Waals surface area (Å²) in [6, 6.07) is 6.72. The first-order chi connectivity index (χ1) is 9.40. The second-order valence-electron chi connectivity index (χ2n) is 4.55. The number of amides is 1.